The number of hydrogen-bond acceptors (Lipinski definition) is 5. The number of carbonyl (C=O) groups is 3. The van der Waals surface area contributed by atoms with Crippen LogP contribution in [0, 0.1) is 5.41 Å². The highest BCUT2D eigenvalue weighted by molar-refractivity contribution is 6.11. The maximum absolute atomic E-state index is 11.7. The number of Topliss-reactive ketones (excluding diaryl/α,β-unsaturated/α-hetero) is 1. The first-order valence-electron chi connectivity index (χ1n) is 5.43. The van der Waals surface area contributed by atoms with Gasteiger partial charge in [-0.1, -0.05) is 0 Å². The first-order chi connectivity index (χ1) is 7.56. The maximum atomic E-state index is 11.7. The van der Waals surface area contributed by atoms with Gasteiger partial charge in [-0.15, -0.1) is 0 Å². The normalized spacial score (nSPS) is 16.4. The predicted molar refractivity (Wildman–Crippen MR) is 54.6 cm³/mol. The molecule has 0 spiro atoms. The highest BCUT2D eigenvalue weighted by atomic mass is 16.5. The largest absolute Gasteiger partial charge is 0.466 e. The monoisotopic (exact) mass is 228 g/mol. The van der Waals surface area contributed by atoms with Crippen molar-refractivity contribution in [3.05, 3.63) is 0 Å². The van der Waals surface area contributed by atoms with E-state index in [0.29, 0.717) is 12.8 Å². The second-order valence-corrected chi connectivity index (χ2v) is 3.71. The smallest absolute Gasteiger partial charge is 0.319 e. The predicted octanol–water partition coefficient (Wildman–Crippen LogP) is 0.852. The van der Waals surface area contributed by atoms with Gasteiger partial charge in [0.05, 0.1) is 13.2 Å². The number of ketones is 1. The third-order valence-corrected chi connectivity index (χ3v) is 2.56. The lowest BCUT2D eigenvalue weighted by atomic mass is 9.99. The summed E-state index contributed by atoms with van der Waals surface area (Å²) in [5.41, 5.74) is -1.05. The number of hydrogen-bond donors (Lipinski definition) is 0. The summed E-state index contributed by atoms with van der Waals surface area (Å²) in [6, 6.07) is 0. The molecule has 0 aliphatic heterocycles. The molecule has 0 unspecified atom stereocenters. The molecule has 5 heteroatoms. The average molecular weight is 228 g/mol. The lowest BCUT2D eigenvalue weighted by molar-refractivity contribution is -0.155. The van der Waals surface area contributed by atoms with E-state index in [9.17, 15) is 14.4 Å². The van der Waals surface area contributed by atoms with Gasteiger partial charge in [-0.25, -0.2) is 0 Å². The Morgan fingerprint density at radius 3 is 2.06 bits per heavy atom. The Kier molecular flexibility index (Phi) is 4.04. The summed E-state index contributed by atoms with van der Waals surface area (Å²) in [6.07, 6.45) is 0.612. The Morgan fingerprint density at radius 1 is 1.06 bits per heavy atom. The van der Waals surface area contributed by atoms with Gasteiger partial charge in [-0.2, -0.15) is 0 Å². The van der Waals surface area contributed by atoms with Crippen LogP contribution in [-0.4, -0.2) is 30.9 Å². The molecule has 0 saturated heterocycles. The molecule has 0 aromatic rings. The summed E-state index contributed by atoms with van der Waals surface area (Å²) in [7, 11) is 0. The molecule has 1 rings (SSSR count). The van der Waals surface area contributed by atoms with E-state index in [4.69, 9.17) is 4.74 Å². The van der Waals surface area contributed by atoms with Crippen LogP contribution >= 0.6 is 0 Å². The van der Waals surface area contributed by atoms with E-state index in [0.717, 1.165) is 0 Å². The number of rotatable bonds is 6. The van der Waals surface area contributed by atoms with E-state index < -0.39 is 17.4 Å². The number of ether oxygens (including phenoxy) is 2. The Morgan fingerprint density at radius 2 is 1.62 bits per heavy atom. The summed E-state index contributed by atoms with van der Waals surface area (Å²) >= 11 is 0. The van der Waals surface area contributed by atoms with Crippen LogP contribution in [0.3, 0.4) is 0 Å². The van der Waals surface area contributed by atoms with Crippen LogP contribution in [-0.2, 0) is 23.9 Å². The van der Waals surface area contributed by atoms with Gasteiger partial charge in [0.15, 0.2) is 5.78 Å². The van der Waals surface area contributed by atoms with Crippen LogP contribution in [0.25, 0.3) is 0 Å². The first-order valence-corrected chi connectivity index (χ1v) is 5.43. The molecule has 5 nitrogen and oxygen atoms in total. The standard InChI is InChI=1S/C11H16O5/c1-3-15-9(13)7-8(12)11(5-6-11)10(14)16-4-2/h3-7H2,1-2H3. The third-order valence-electron chi connectivity index (χ3n) is 2.56. The van der Waals surface area contributed by atoms with Gasteiger partial charge < -0.3 is 9.47 Å². The van der Waals surface area contributed by atoms with E-state index in [2.05, 4.69) is 4.74 Å². The fourth-order valence-electron chi connectivity index (χ4n) is 1.50. The van der Waals surface area contributed by atoms with Gasteiger partial charge in [0, 0.05) is 0 Å². The van der Waals surface area contributed by atoms with Crippen molar-refractivity contribution < 1.29 is 23.9 Å². The van der Waals surface area contributed by atoms with Crippen molar-refractivity contribution in [3.63, 3.8) is 0 Å². The minimum atomic E-state index is -1.05. The van der Waals surface area contributed by atoms with Crippen LogP contribution in [0.1, 0.15) is 33.1 Å². The average Bonchev–Trinajstić information content (AvgIpc) is 2.98. The Bertz CT molecular complexity index is 303. The SMILES string of the molecule is CCOC(=O)CC(=O)C1(C(=O)OCC)CC1. The molecule has 0 aromatic heterocycles. The topological polar surface area (TPSA) is 69.7 Å². The lowest BCUT2D eigenvalue weighted by Crippen LogP contribution is -2.30. The molecule has 0 atom stereocenters. The zero-order valence-electron chi connectivity index (χ0n) is 9.58. The minimum Gasteiger partial charge on any atom is -0.466 e. The maximum Gasteiger partial charge on any atom is 0.319 e. The summed E-state index contributed by atoms with van der Waals surface area (Å²) in [5.74, 6) is -1.48. The molecular weight excluding hydrogens is 212 g/mol. The molecule has 0 bridgehead atoms. The fraction of sp³-hybridized carbons (Fsp3) is 0.727. The molecule has 1 saturated carbocycles. The summed E-state index contributed by atoms with van der Waals surface area (Å²) < 4.78 is 9.48. The van der Waals surface area contributed by atoms with Gasteiger partial charge >= 0.3 is 11.9 Å². The zero-order valence-corrected chi connectivity index (χ0v) is 9.58. The Labute approximate surface area is 94.1 Å². The highest BCUT2D eigenvalue weighted by Crippen LogP contribution is 2.48. The van der Waals surface area contributed by atoms with Crippen molar-refractivity contribution in [2.24, 2.45) is 5.41 Å². The van der Waals surface area contributed by atoms with Crippen molar-refractivity contribution in [2.75, 3.05) is 13.2 Å². The van der Waals surface area contributed by atoms with Crippen molar-refractivity contribution >= 4 is 17.7 Å². The van der Waals surface area contributed by atoms with Crippen molar-refractivity contribution in [1.29, 1.82) is 0 Å². The number of carbonyl (C=O) groups excluding carboxylic acids is 3. The summed E-state index contributed by atoms with van der Waals surface area (Å²) in [5, 5.41) is 0. The van der Waals surface area contributed by atoms with Crippen LogP contribution in [0.15, 0.2) is 0 Å². The van der Waals surface area contributed by atoms with Crippen molar-refractivity contribution in [1.82, 2.24) is 0 Å². The van der Waals surface area contributed by atoms with Crippen LogP contribution in [0.5, 0.6) is 0 Å². The number of esters is 2. The van der Waals surface area contributed by atoms with Gasteiger partial charge in [0.2, 0.25) is 0 Å². The first kappa shape index (κ1) is 12.7. The molecule has 1 aliphatic rings. The van der Waals surface area contributed by atoms with Crippen LogP contribution < -0.4 is 0 Å². The fourth-order valence-corrected chi connectivity index (χ4v) is 1.50. The van der Waals surface area contributed by atoms with E-state index in [-0.39, 0.29) is 25.4 Å². The zero-order chi connectivity index (χ0) is 12.2. The van der Waals surface area contributed by atoms with Gasteiger partial charge in [-0.3, -0.25) is 14.4 Å². The van der Waals surface area contributed by atoms with E-state index in [1.165, 1.54) is 0 Å². The van der Waals surface area contributed by atoms with Gasteiger partial charge in [0.1, 0.15) is 11.8 Å². The van der Waals surface area contributed by atoms with Gasteiger partial charge in [-0.05, 0) is 26.7 Å². The Hall–Kier alpha value is -1.39. The van der Waals surface area contributed by atoms with Crippen molar-refractivity contribution in [3.8, 4) is 0 Å². The van der Waals surface area contributed by atoms with Crippen molar-refractivity contribution in [2.45, 2.75) is 33.1 Å². The molecule has 0 aromatic carbocycles. The quantitative estimate of drug-likeness (QED) is 0.498. The molecule has 0 heterocycles. The molecule has 1 aliphatic carbocycles. The molecule has 0 amide bonds. The van der Waals surface area contributed by atoms with E-state index >= 15 is 0 Å². The third kappa shape index (κ3) is 2.59. The summed E-state index contributed by atoms with van der Waals surface area (Å²) in [4.78, 5) is 34.4. The van der Waals surface area contributed by atoms with Gasteiger partial charge in [0.25, 0.3) is 0 Å². The van der Waals surface area contributed by atoms with E-state index in [1.807, 2.05) is 0 Å². The van der Waals surface area contributed by atoms with E-state index in [1.54, 1.807) is 13.8 Å². The molecule has 16 heavy (non-hydrogen) atoms. The Balaban J connectivity index is 2.53. The molecule has 1 fully saturated rings. The molecule has 90 valence electrons. The highest BCUT2D eigenvalue weighted by Gasteiger charge is 2.57. The second-order valence-electron chi connectivity index (χ2n) is 3.71. The van der Waals surface area contributed by atoms with Crippen LogP contribution in [0.2, 0.25) is 0 Å². The molecule has 0 radical (unpaired) electrons. The lowest BCUT2D eigenvalue weighted by Gasteiger charge is -2.11. The second kappa shape index (κ2) is 5.09. The molecular formula is C11H16O5. The minimum absolute atomic E-state index is 0.235. The summed E-state index contributed by atoms with van der Waals surface area (Å²) in [6.45, 7) is 3.83. The van der Waals surface area contributed by atoms with Crippen LogP contribution in [0.4, 0.5) is 0 Å². The molecule has 0 N–H and O–H groups in total.